The van der Waals surface area contributed by atoms with Gasteiger partial charge < -0.3 is 24.3 Å². The number of amides is 1. The second kappa shape index (κ2) is 10.9. The van der Waals surface area contributed by atoms with Crippen LogP contribution in [0.3, 0.4) is 0 Å². The minimum Gasteiger partial charge on any atom is -0.497 e. The molecule has 0 aliphatic rings. The highest BCUT2D eigenvalue weighted by atomic mass is 32.1. The predicted octanol–water partition coefficient (Wildman–Crippen LogP) is 5.26. The second-order valence-electron chi connectivity index (χ2n) is 7.47. The topological polar surface area (TPSA) is 91.8 Å². The zero-order valence-corrected chi connectivity index (χ0v) is 20.6. The van der Waals surface area contributed by atoms with E-state index in [-0.39, 0.29) is 5.91 Å². The molecule has 0 spiro atoms. The minimum absolute atomic E-state index is 0.191. The molecule has 2 aromatic heterocycles. The molecule has 4 rings (SSSR count). The van der Waals surface area contributed by atoms with Gasteiger partial charge in [0, 0.05) is 30.4 Å². The fourth-order valence-corrected chi connectivity index (χ4v) is 4.30. The molecule has 35 heavy (non-hydrogen) atoms. The second-order valence-corrected chi connectivity index (χ2v) is 8.47. The largest absolute Gasteiger partial charge is 0.497 e. The van der Waals surface area contributed by atoms with Crippen LogP contribution in [0.1, 0.15) is 20.9 Å². The van der Waals surface area contributed by atoms with E-state index in [1.165, 1.54) is 11.3 Å². The normalized spacial score (nSPS) is 10.5. The number of ether oxygens (including phenoxy) is 4. The summed E-state index contributed by atoms with van der Waals surface area (Å²) in [6, 6.07) is 16.5. The Morgan fingerprint density at radius 1 is 0.943 bits per heavy atom. The van der Waals surface area contributed by atoms with Crippen molar-refractivity contribution >= 4 is 17.2 Å². The summed E-state index contributed by atoms with van der Waals surface area (Å²) in [5.74, 6) is 2.83. The Balaban J connectivity index is 1.39. The number of carbonyl (C=O) groups is 1. The van der Waals surface area contributed by atoms with Gasteiger partial charge in [-0.3, -0.25) is 4.79 Å². The molecule has 8 nitrogen and oxygen atoms in total. The van der Waals surface area contributed by atoms with Crippen LogP contribution < -0.4 is 24.3 Å². The number of rotatable bonds is 9. The lowest BCUT2D eigenvalue weighted by atomic mass is 10.2. The molecular weight excluding hydrogens is 466 g/mol. The number of aryl methyl sites for hydroxylation is 1. The maximum absolute atomic E-state index is 12.8. The van der Waals surface area contributed by atoms with E-state index >= 15 is 0 Å². The average Bonchev–Trinajstić information content (AvgIpc) is 3.29. The van der Waals surface area contributed by atoms with Crippen LogP contribution in [0.15, 0.2) is 60.8 Å². The number of hydrogen-bond donors (Lipinski definition) is 1. The Bertz CT molecular complexity index is 1320. The molecule has 0 radical (unpaired) electrons. The van der Waals surface area contributed by atoms with Crippen LogP contribution in [0.25, 0.3) is 10.6 Å². The highest BCUT2D eigenvalue weighted by Crippen LogP contribution is 2.35. The Morgan fingerprint density at radius 3 is 2.46 bits per heavy atom. The number of methoxy groups -OCH3 is 3. The molecule has 0 saturated heterocycles. The predicted molar refractivity (Wildman–Crippen MR) is 134 cm³/mol. The maximum atomic E-state index is 12.8. The van der Waals surface area contributed by atoms with Crippen molar-refractivity contribution < 1.29 is 23.7 Å². The molecule has 0 fully saturated rings. The zero-order valence-electron chi connectivity index (χ0n) is 19.8. The molecule has 0 saturated carbocycles. The van der Waals surface area contributed by atoms with Gasteiger partial charge in [-0.15, -0.1) is 11.3 Å². The van der Waals surface area contributed by atoms with Gasteiger partial charge in [0.25, 0.3) is 5.91 Å². The average molecular weight is 492 g/mol. The lowest BCUT2D eigenvalue weighted by Crippen LogP contribution is -2.22. The molecule has 1 amide bonds. The number of thiazole rings is 1. The van der Waals surface area contributed by atoms with E-state index in [0.717, 1.165) is 16.1 Å². The van der Waals surface area contributed by atoms with Gasteiger partial charge in [-0.1, -0.05) is 12.1 Å². The Morgan fingerprint density at radius 2 is 1.74 bits per heavy atom. The van der Waals surface area contributed by atoms with Crippen LogP contribution in [0.5, 0.6) is 28.9 Å². The minimum atomic E-state index is -0.191. The van der Waals surface area contributed by atoms with Crippen LogP contribution in [0.4, 0.5) is 0 Å². The lowest BCUT2D eigenvalue weighted by Gasteiger charge is -2.08. The first-order valence-electron chi connectivity index (χ1n) is 10.8. The number of carbonyl (C=O) groups excluding carboxylic acids is 1. The van der Waals surface area contributed by atoms with E-state index in [0.29, 0.717) is 46.0 Å². The molecule has 180 valence electrons. The van der Waals surface area contributed by atoms with Crippen molar-refractivity contribution in [3.8, 4) is 39.4 Å². The summed E-state index contributed by atoms with van der Waals surface area (Å²) in [5.41, 5.74) is 2.36. The van der Waals surface area contributed by atoms with E-state index < -0.39 is 0 Å². The van der Waals surface area contributed by atoms with Crippen LogP contribution in [-0.2, 0) is 6.54 Å². The van der Waals surface area contributed by atoms with E-state index in [4.69, 9.17) is 18.9 Å². The summed E-state index contributed by atoms with van der Waals surface area (Å²) >= 11 is 1.33. The van der Waals surface area contributed by atoms with Crippen molar-refractivity contribution in [1.82, 2.24) is 15.3 Å². The summed E-state index contributed by atoms with van der Waals surface area (Å²) in [6.45, 7) is 2.15. The van der Waals surface area contributed by atoms with Gasteiger partial charge in [-0.05, 0) is 42.8 Å². The summed E-state index contributed by atoms with van der Waals surface area (Å²) in [6.07, 6.45) is 1.67. The first-order valence-corrected chi connectivity index (χ1v) is 11.6. The molecule has 2 heterocycles. The third-order valence-corrected chi connectivity index (χ3v) is 6.35. The molecule has 4 aromatic rings. The third-order valence-electron chi connectivity index (χ3n) is 5.15. The third kappa shape index (κ3) is 5.70. The highest BCUT2D eigenvalue weighted by Gasteiger charge is 2.17. The molecule has 0 bridgehead atoms. The van der Waals surface area contributed by atoms with Gasteiger partial charge in [-0.25, -0.2) is 9.97 Å². The van der Waals surface area contributed by atoms with Crippen molar-refractivity contribution in [3.05, 3.63) is 76.9 Å². The molecule has 2 aromatic carbocycles. The highest BCUT2D eigenvalue weighted by molar-refractivity contribution is 7.17. The number of pyridine rings is 1. The van der Waals surface area contributed by atoms with E-state index in [9.17, 15) is 4.79 Å². The van der Waals surface area contributed by atoms with Gasteiger partial charge in [0.2, 0.25) is 5.88 Å². The zero-order chi connectivity index (χ0) is 24.8. The Labute approximate surface area is 207 Å². The Kier molecular flexibility index (Phi) is 7.47. The lowest BCUT2D eigenvalue weighted by molar-refractivity contribution is 0.0954. The smallest absolute Gasteiger partial charge is 0.263 e. The SMILES string of the molecule is COc1cccc(Oc2ccc(CNC(=O)c3sc(-c4ccc(OC)c(OC)c4)nc3C)cn2)c1. The number of nitrogens with zero attached hydrogens (tertiary/aromatic N) is 2. The van der Waals surface area contributed by atoms with Crippen molar-refractivity contribution in [2.24, 2.45) is 0 Å². The summed E-state index contributed by atoms with van der Waals surface area (Å²) in [4.78, 5) is 22.3. The van der Waals surface area contributed by atoms with Crippen LogP contribution in [-0.4, -0.2) is 37.2 Å². The quantitative estimate of drug-likeness (QED) is 0.341. The van der Waals surface area contributed by atoms with Gasteiger partial charge in [0.1, 0.15) is 21.4 Å². The van der Waals surface area contributed by atoms with E-state index in [2.05, 4.69) is 15.3 Å². The Hall–Kier alpha value is -4.11. The molecule has 1 N–H and O–H groups in total. The van der Waals surface area contributed by atoms with Gasteiger partial charge >= 0.3 is 0 Å². The standard InChI is InChI=1S/C26H25N3O5S/c1-16-24(35-26(29-16)18-9-10-21(32-3)22(12-18)33-4)25(30)28-15-17-8-11-23(27-14-17)34-20-7-5-6-19(13-20)31-2/h5-14H,15H2,1-4H3,(H,28,30). The molecular formula is C26H25N3O5S. The number of nitrogens with one attached hydrogen (secondary N) is 1. The van der Waals surface area contributed by atoms with Gasteiger partial charge in [0.05, 0.1) is 27.0 Å². The number of aromatic nitrogens is 2. The van der Waals surface area contributed by atoms with Gasteiger partial charge in [-0.2, -0.15) is 0 Å². The number of hydrogen-bond acceptors (Lipinski definition) is 8. The van der Waals surface area contributed by atoms with Crippen molar-refractivity contribution in [2.75, 3.05) is 21.3 Å². The molecule has 0 atom stereocenters. The monoisotopic (exact) mass is 491 g/mol. The van der Waals surface area contributed by atoms with Crippen LogP contribution in [0.2, 0.25) is 0 Å². The van der Waals surface area contributed by atoms with Crippen molar-refractivity contribution in [3.63, 3.8) is 0 Å². The van der Waals surface area contributed by atoms with Crippen molar-refractivity contribution in [1.29, 1.82) is 0 Å². The maximum Gasteiger partial charge on any atom is 0.263 e. The van der Waals surface area contributed by atoms with Crippen molar-refractivity contribution in [2.45, 2.75) is 13.5 Å². The van der Waals surface area contributed by atoms with Crippen LogP contribution in [0, 0.1) is 6.92 Å². The molecule has 0 aliphatic carbocycles. The number of benzene rings is 2. The summed E-state index contributed by atoms with van der Waals surface area (Å²) < 4.78 is 21.6. The molecule has 0 unspecified atom stereocenters. The fraction of sp³-hybridized carbons (Fsp3) is 0.192. The molecule has 0 aliphatic heterocycles. The van der Waals surface area contributed by atoms with Crippen LogP contribution >= 0.6 is 11.3 Å². The first-order chi connectivity index (χ1) is 17.0. The first kappa shape index (κ1) is 24.0. The fourth-order valence-electron chi connectivity index (χ4n) is 3.32. The summed E-state index contributed by atoms with van der Waals surface area (Å²) in [5, 5.41) is 3.67. The van der Waals surface area contributed by atoms with E-state index in [1.807, 2.05) is 49.4 Å². The van der Waals surface area contributed by atoms with E-state index in [1.54, 1.807) is 39.7 Å². The summed E-state index contributed by atoms with van der Waals surface area (Å²) in [7, 11) is 4.77. The molecule has 9 heteroatoms. The van der Waals surface area contributed by atoms with Gasteiger partial charge in [0.15, 0.2) is 11.5 Å².